The summed E-state index contributed by atoms with van der Waals surface area (Å²) in [5.74, 6) is -0.503. The quantitative estimate of drug-likeness (QED) is 0.816. The van der Waals surface area contributed by atoms with Gasteiger partial charge in [-0.25, -0.2) is 13.6 Å². The van der Waals surface area contributed by atoms with Gasteiger partial charge in [0.05, 0.1) is 11.0 Å². The molecule has 0 saturated heterocycles. The number of primary sulfonamides is 1. The van der Waals surface area contributed by atoms with Crippen molar-refractivity contribution in [3.8, 4) is 6.07 Å². The van der Waals surface area contributed by atoms with Crippen LogP contribution in [0.25, 0.3) is 0 Å². The highest BCUT2D eigenvalue weighted by Crippen LogP contribution is 2.18. The van der Waals surface area contributed by atoms with E-state index in [1.165, 1.54) is 12.1 Å². The Labute approximate surface area is 99.1 Å². The molecule has 0 bridgehead atoms. The SMILES string of the molecule is Cc1ccc(NC(=O)CC#N)cc1S(N)(=O)=O. The second kappa shape index (κ2) is 4.95. The molecule has 0 radical (unpaired) electrons. The summed E-state index contributed by atoms with van der Waals surface area (Å²) < 4.78 is 22.5. The van der Waals surface area contributed by atoms with Crippen LogP contribution < -0.4 is 10.5 Å². The summed E-state index contributed by atoms with van der Waals surface area (Å²) in [6.45, 7) is 1.60. The maximum absolute atomic E-state index is 11.2. The van der Waals surface area contributed by atoms with Crippen LogP contribution in [-0.2, 0) is 14.8 Å². The number of sulfonamides is 1. The van der Waals surface area contributed by atoms with Crippen LogP contribution in [0, 0.1) is 18.3 Å². The number of rotatable bonds is 3. The van der Waals surface area contributed by atoms with Crippen molar-refractivity contribution in [3.63, 3.8) is 0 Å². The van der Waals surface area contributed by atoms with Crippen LogP contribution in [0.2, 0.25) is 0 Å². The molecule has 0 heterocycles. The van der Waals surface area contributed by atoms with Crippen molar-refractivity contribution in [2.75, 3.05) is 5.32 Å². The van der Waals surface area contributed by atoms with Gasteiger partial charge in [0, 0.05) is 5.69 Å². The number of nitrogens with zero attached hydrogens (tertiary/aromatic N) is 1. The summed E-state index contributed by atoms with van der Waals surface area (Å²) in [6, 6.07) is 6.02. The van der Waals surface area contributed by atoms with Gasteiger partial charge in [-0.2, -0.15) is 5.26 Å². The largest absolute Gasteiger partial charge is 0.325 e. The Morgan fingerprint density at radius 3 is 2.71 bits per heavy atom. The lowest BCUT2D eigenvalue weighted by Gasteiger charge is -2.07. The number of benzene rings is 1. The fraction of sp³-hybridized carbons (Fsp3) is 0.200. The molecule has 1 rings (SSSR count). The van der Waals surface area contributed by atoms with Crippen molar-refractivity contribution >= 4 is 21.6 Å². The molecule has 6 nitrogen and oxygen atoms in total. The first kappa shape index (κ1) is 13.2. The summed E-state index contributed by atoms with van der Waals surface area (Å²) in [7, 11) is -3.82. The Kier molecular flexibility index (Phi) is 3.83. The number of anilines is 1. The number of nitriles is 1. The second-order valence-electron chi connectivity index (χ2n) is 3.41. The molecule has 1 amide bonds. The van der Waals surface area contributed by atoms with E-state index in [-0.39, 0.29) is 11.3 Å². The maximum atomic E-state index is 11.2. The number of nitrogens with two attached hydrogens (primary N) is 1. The third kappa shape index (κ3) is 3.55. The Morgan fingerprint density at radius 1 is 1.53 bits per heavy atom. The Bertz CT molecular complexity index is 587. The predicted octanol–water partition coefficient (Wildman–Crippen LogP) is 0.495. The van der Waals surface area contributed by atoms with Crippen LogP contribution in [0.3, 0.4) is 0 Å². The average molecular weight is 253 g/mol. The molecular formula is C10H11N3O3S. The number of carbonyl (C=O) groups is 1. The van der Waals surface area contributed by atoms with Crippen molar-refractivity contribution in [2.45, 2.75) is 18.2 Å². The van der Waals surface area contributed by atoms with Crippen molar-refractivity contribution in [2.24, 2.45) is 5.14 Å². The molecule has 0 unspecified atom stereocenters. The van der Waals surface area contributed by atoms with Gasteiger partial charge in [-0.1, -0.05) is 6.07 Å². The number of nitrogens with one attached hydrogen (secondary N) is 1. The average Bonchev–Trinajstić information content (AvgIpc) is 2.19. The monoisotopic (exact) mass is 253 g/mol. The third-order valence-electron chi connectivity index (χ3n) is 2.02. The van der Waals surface area contributed by atoms with E-state index in [2.05, 4.69) is 5.32 Å². The summed E-state index contributed by atoms with van der Waals surface area (Å²) in [4.78, 5) is 11.1. The minimum Gasteiger partial charge on any atom is -0.325 e. The molecule has 0 atom stereocenters. The molecule has 17 heavy (non-hydrogen) atoms. The van der Waals surface area contributed by atoms with Gasteiger partial charge < -0.3 is 5.32 Å². The van der Waals surface area contributed by atoms with Crippen LogP contribution in [0.4, 0.5) is 5.69 Å². The number of amides is 1. The third-order valence-corrected chi connectivity index (χ3v) is 3.07. The van der Waals surface area contributed by atoms with Gasteiger partial charge in [0.25, 0.3) is 0 Å². The van der Waals surface area contributed by atoms with Gasteiger partial charge in [0.2, 0.25) is 15.9 Å². The molecule has 1 aromatic rings. The van der Waals surface area contributed by atoms with Gasteiger partial charge in [0.1, 0.15) is 6.42 Å². The number of aryl methyl sites for hydroxylation is 1. The smallest absolute Gasteiger partial charge is 0.238 e. The van der Waals surface area contributed by atoms with E-state index in [0.29, 0.717) is 11.3 Å². The summed E-state index contributed by atoms with van der Waals surface area (Å²) in [6.07, 6.45) is -0.293. The van der Waals surface area contributed by atoms with Gasteiger partial charge in [-0.15, -0.1) is 0 Å². The molecule has 0 aliphatic rings. The van der Waals surface area contributed by atoms with E-state index in [9.17, 15) is 13.2 Å². The first-order chi connectivity index (χ1) is 7.84. The zero-order valence-corrected chi connectivity index (χ0v) is 9.91. The zero-order valence-electron chi connectivity index (χ0n) is 9.10. The van der Waals surface area contributed by atoms with E-state index in [0.717, 1.165) is 0 Å². The highest BCUT2D eigenvalue weighted by molar-refractivity contribution is 7.89. The molecule has 0 spiro atoms. The topological polar surface area (TPSA) is 113 Å². The summed E-state index contributed by atoms with van der Waals surface area (Å²) in [5, 5.41) is 15.7. The zero-order chi connectivity index (χ0) is 13.1. The molecule has 0 aromatic heterocycles. The predicted molar refractivity (Wildman–Crippen MR) is 61.4 cm³/mol. The number of hydrogen-bond donors (Lipinski definition) is 2. The standard InChI is InChI=1S/C10H11N3O3S/c1-7-2-3-8(13-10(14)4-5-11)6-9(7)17(12,15)16/h2-3,6H,4H2,1H3,(H,13,14)(H2,12,15,16). The minimum absolute atomic E-state index is 0.0488. The highest BCUT2D eigenvalue weighted by Gasteiger charge is 2.12. The summed E-state index contributed by atoms with van der Waals surface area (Å²) >= 11 is 0. The van der Waals surface area contributed by atoms with Crippen molar-refractivity contribution in [1.29, 1.82) is 5.26 Å². The molecule has 7 heteroatoms. The van der Waals surface area contributed by atoms with E-state index in [1.807, 2.05) is 0 Å². The molecule has 3 N–H and O–H groups in total. The van der Waals surface area contributed by atoms with Gasteiger partial charge in [-0.3, -0.25) is 4.79 Å². The van der Waals surface area contributed by atoms with Crippen molar-refractivity contribution < 1.29 is 13.2 Å². The van der Waals surface area contributed by atoms with E-state index < -0.39 is 15.9 Å². The van der Waals surface area contributed by atoms with Crippen LogP contribution in [0.1, 0.15) is 12.0 Å². The lowest BCUT2D eigenvalue weighted by atomic mass is 10.2. The molecule has 0 saturated carbocycles. The molecule has 1 aromatic carbocycles. The minimum atomic E-state index is -3.82. The Morgan fingerprint density at radius 2 is 2.18 bits per heavy atom. The fourth-order valence-corrected chi connectivity index (χ4v) is 2.07. The lowest BCUT2D eigenvalue weighted by molar-refractivity contribution is -0.115. The van der Waals surface area contributed by atoms with E-state index in [4.69, 9.17) is 10.4 Å². The van der Waals surface area contributed by atoms with Crippen LogP contribution >= 0.6 is 0 Å². The van der Waals surface area contributed by atoms with E-state index >= 15 is 0 Å². The molecule has 0 aliphatic heterocycles. The first-order valence-electron chi connectivity index (χ1n) is 4.65. The fourth-order valence-electron chi connectivity index (χ4n) is 1.26. The molecule has 0 fully saturated rings. The Hall–Kier alpha value is -1.91. The van der Waals surface area contributed by atoms with Gasteiger partial charge >= 0.3 is 0 Å². The van der Waals surface area contributed by atoms with Crippen LogP contribution in [0.15, 0.2) is 23.1 Å². The number of hydrogen-bond acceptors (Lipinski definition) is 4. The van der Waals surface area contributed by atoms with Crippen molar-refractivity contribution in [1.82, 2.24) is 0 Å². The van der Waals surface area contributed by atoms with E-state index in [1.54, 1.807) is 19.1 Å². The molecule has 0 aliphatic carbocycles. The normalized spacial score (nSPS) is 10.6. The summed E-state index contributed by atoms with van der Waals surface area (Å²) in [5.41, 5.74) is 0.783. The maximum Gasteiger partial charge on any atom is 0.238 e. The lowest BCUT2D eigenvalue weighted by Crippen LogP contribution is -2.15. The highest BCUT2D eigenvalue weighted by atomic mass is 32.2. The van der Waals surface area contributed by atoms with Gasteiger partial charge in [0.15, 0.2) is 0 Å². The van der Waals surface area contributed by atoms with Crippen molar-refractivity contribution in [3.05, 3.63) is 23.8 Å². The molecule has 90 valence electrons. The first-order valence-corrected chi connectivity index (χ1v) is 6.19. The second-order valence-corrected chi connectivity index (χ2v) is 4.94. The van der Waals surface area contributed by atoms with Crippen LogP contribution in [-0.4, -0.2) is 14.3 Å². The van der Waals surface area contributed by atoms with Crippen LogP contribution in [0.5, 0.6) is 0 Å². The van der Waals surface area contributed by atoms with Gasteiger partial charge in [-0.05, 0) is 24.6 Å². The Balaban J connectivity index is 3.07. The molecular weight excluding hydrogens is 242 g/mol. The number of carbonyl (C=O) groups excluding carboxylic acids is 1.